The molecule has 0 atom stereocenters. The van der Waals surface area contributed by atoms with E-state index in [1.807, 2.05) is 17.0 Å². The van der Waals surface area contributed by atoms with E-state index in [1.165, 1.54) is 6.07 Å². The number of benzene rings is 1. The summed E-state index contributed by atoms with van der Waals surface area (Å²) in [5.41, 5.74) is 1.03. The molecule has 0 saturated carbocycles. The number of amides is 1. The Labute approximate surface area is 148 Å². The number of nitrogens with zero attached hydrogens (tertiary/aromatic N) is 2. The molecule has 130 valence electrons. The van der Waals surface area contributed by atoms with E-state index < -0.39 is 0 Å². The number of fused-ring (bicyclic) bond motifs is 1. The van der Waals surface area contributed by atoms with Crippen molar-refractivity contribution in [3.8, 4) is 0 Å². The molecule has 0 spiro atoms. The van der Waals surface area contributed by atoms with E-state index in [2.05, 4.69) is 23.7 Å². The second-order valence-corrected chi connectivity index (χ2v) is 6.58. The molecule has 1 N–H and O–H groups in total. The van der Waals surface area contributed by atoms with Crippen LogP contribution in [0.15, 0.2) is 35.1 Å². The standard InChI is InChI=1S/C18H23N3O2.ClH/c1-13(2)12-20-8-10-21(11-9-20)18(23)15-5-3-4-14-6-7-16(22)19-17(14)15;/h3-7,13H,8-12H2,1-2H3,(H,19,22);1H. The molecule has 1 amide bonds. The summed E-state index contributed by atoms with van der Waals surface area (Å²) in [6.07, 6.45) is 0. The highest BCUT2D eigenvalue weighted by Crippen LogP contribution is 2.18. The van der Waals surface area contributed by atoms with Gasteiger partial charge in [0.15, 0.2) is 0 Å². The van der Waals surface area contributed by atoms with Crippen LogP contribution in [0.5, 0.6) is 0 Å². The molecule has 6 heteroatoms. The van der Waals surface area contributed by atoms with Gasteiger partial charge in [-0.2, -0.15) is 0 Å². The van der Waals surface area contributed by atoms with Crippen molar-refractivity contribution in [1.82, 2.24) is 14.8 Å². The molecule has 5 nitrogen and oxygen atoms in total. The Balaban J connectivity index is 0.00000208. The van der Waals surface area contributed by atoms with Crippen molar-refractivity contribution in [3.05, 3.63) is 46.2 Å². The maximum atomic E-state index is 12.8. The highest BCUT2D eigenvalue weighted by molar-refractivity contribution is 6.05. The van der Waals surface area contributed by atoms with Crippen LogP contribution >= 0.6 is 12.4 Å². The minimum absolute atomic E-state index is 0. The summed E-state index contributed by atoms with van der Waals surface area (Å²) < 4.78 is 0. The number of para-hydroxylation sites is 1. The van der Waals surface area contributed by atoms with Gasteiger partial charge in [-0.25, -0.2) is 0 Å². The quantitative estimate of drug-likeness (QED) is 0.925. The zero-order valence-corrected chi connectivity index (χ0v) is 14.9. The predicted octanol–water partition coefficient (Wildman–Crippen LogP) is 2.36. The van der Waals surface area contributed by atoms with Gasteiger partial charge in [0, 0.05) is 38.8 Å². The van der Waals surface area contributed by atoms with Crippen molar-refractivity contribution in [2.75, 3.05) is 32.7 Å². The Morgan fingerprint density at radius 2 is 1.83 bits per heavy atom. The Kier molecular flexibility index (Phi) is 6.02. The van der Waals surface area contributed by atoms with Gasteiger partial charge < -0.3 is 9.88 Å². The molecule has 0 unspecified atom stereocenters. The first kappa shape index (κ1) is 18.5. The molecule has 1 aromatic carbocycles. The molecule has 1 saturated heterocycles. The van der Waals surface area contributed by atoms with Gasteiger partial charge in [-0.15, -0.1) is 12.4 Å². The number of pyridine rings is 1. The number of halogens is 1. The van der Waals surface area contributed by atoms with Crippen LogP contribution in [0.1, 0.15) is 24.2 Å². The molecule has 2 aromatic rings. The van der Waals surface area contributed by atoms with Crippen LogP contribution in [-0.4, -0.2) is 53.4 Å². The smallest absolute Gasteiger partial charge is 0.256 e. The van der Waals surface area contributed by atoms with Crippen molar-refractivity contribution < 1.29 is 4.79 Å². The SMILES string of the molecule is CC(C)CN1CCN(C(=O)c2cccc3ccc(=O)[nH]c23)CC1.Cl. The molecule has 1 aliphatic heterocycles. The fourth-order valence-corrected chi connectivity index (χ4v) is 3.18. The van der Waals surface area contributed by atoms with Crippen LogP contribution in [0.25, 0.3) is 10.9 Å². The summed E-state index contributed by atoms with van der Waals surface area (Å²) >= 11 is 0. The van der Waals surface area contributed by atoms with Crippen LogP contribution in [0.4, 0.5) is 0 Å². The number of aromatic nitrogens is 1. The maximum absolute atomic E-state index is 12.8. The van der Waals surface area contributed by atoms with Gasteiger partial charge in [0.05, 0.1) is 11.1 Å². The third kappa shape index (κ3) is 3.97. The average molecular weight is 350 g/mol. The lowest BCUT2D eigenvalue weighted by Gasteiger charge is -2.35. The topological polar surface area (TPSA) is 56.4 Å². The van der Waals surface area contributed by atoms with E-state index >= 15 is 0 Å². The Bertz CT molecular complexity index is 764. The van der Waals surface area contributed by atoms with Gasteiger partial charge >= 0.3 is 0 Å². The normalized spacial score (nSPS) is 15.5. The van der Waals surface area contributed by atoms with Gasteiger partial charge in [-0.3, -0.25) is 14.5 Å². The van der Waals surface area contributed by atoms with Crippen molar-refractivity contribution in [2.45, 2.75) is 13.8 Å². The first-order chi connectivity index (χ1) is 11.0. The lowest BCUT2D eigenvalue weighted by molar-refractivity contribution is 0.0625. The van der Waals surface area contributed by atoms with Crippen molar-refractivity contribution in [1.29, 1.82) is 0 Å². The van der Waals surface area contributed by atoms with Gasteiger partial charge in [-0.05, 0) is 23.4 Å². The number of piperazine rings is 1. The molecule has 0 aliphatic carbocycles. The monoisotopic (exact) mass is 349 g/mol. The lowest BCUT2D eigenvalue weighted by Crippen LogP contribution is -2.49. The van der Waals surface area contributed by atoms with Crippen LogP contribution in [0.2, 0.25) is 0 Å². The molecule has 1 aliphatic rings. The Morgan fingerprint density at radius 1 is 1.12 bits per heavy atom. The molecule has 1 aromatic heterocycles. The van der Waals surface area contributed by atoms with E-state index in [-0.39, 0.29) is 23.9 Å². The Hall–Kier alpha value is -1.85. The van der Waals surface area contributed by atoms with Gasteiger partial charge in [-0.1, -0.05) is 26.0 Å². The molecule has 1 fully saturated rings. The van der Waals surface area contributed by atoms with Crippen LogP contribution in [-0.2, 0) is 0 Å². The van der Waals surface area contributed by atoms with Crippen molar-refractivity contribution >= 4 is 29.2 Å². The largest absolute Gasteiger partial charge is 0.336 e. The van der Waals surface area contributed by atoms with Crippen LogP contribution < -0.4 is 5.56 Å². The van der Waals surface area contributed by atoms with Gasteiger partial charge in [0.2, 0.25) is 5.56 Å². The van der Waals surface area contributed by atoms with E-state index in [0.717, 1.165) is 38.1 Å². The molecule has 0 bridgehead atoms. The number of hydrogen-bond acceptors (Lipinski definition) is 3. The molecule has 3 rings (SSSR count). The van der Waals surface area contributed by atoms with Crippen molar-refractivity contribution in [3.63, 3.8) is 0 Å². The zero-order chi connectivity index (χ0) is 16.4. The summed E-state index contributed by atoms with van der Waals surface area (Å²) in [5, 5.41) is 0.883. The average Bonchev–Trinajstić information content (AvgIpc) is 2.54. The fourth-order valence-electron chi connectivity index (χ4n) is 3.18. The number of rotatable bonds is 3. The number of hydrogen-bond donors (Lipinski definition) is 1. The third-order valence-electron chi connectivity index (χ3n) is 4.27. The number of H-pyrrole nitrogens is 1. The Morgan fingerprint density at radius 3 is 2.50 bits per heavy atom. The van der Waals surface area contributed by atoms with Crippen LogP contribution in [0, 0.1) is 5.92 Å². The third-order valence-corrected chi connectivity index (χ3v) is 4.27. The number of nitrogens with one attached hydrogen (secondary N) is 1. The molecular formula is C18H24ClN3O2. The first-order valence-electron chi connectivity index (χ1n) is 8.18. The first-order valence-corrected chi connectivity index (χ1v) is 8.18. The maximum Gasteiger partial charge on any atom is 0.256 e. The van der Waals surface area contributed by atoms with E-state index in [0.29, 0.717) is 17.0 Å². The minimum atomic E-state index is -0.181. The van der Waals surface area contributed by atoms with E-state index in [4.69, 9.17) is 0 Å². The molecule has 24 heavy (non-hydrogen) atoms. The summed E-state index contributed by atoms with van der Waals surface area (Å²) in [7, 11) is 0. The summed E-state index contributed by atoms with van der Waals surface area (Å²) in [5.74, 6) is 0.641. The highest BCUT2D eigenvalue weighted by Gasteiger charge is 2.23. The number of aromatic amines is 1. The van der Waals surface area contributed by atoms with Gasteiger partial charge in [0.1, 0.15) is 0 Å². The van der Waals surface area contributed by atoms with E-state index in [1.54, 1.807) is 12.1 Å². The summed E-state index contributed by atoms with van der Waals surface area (Å²) in [6, 6.07) is 8.80. The zero-order valence-electron chi connectivity index (χ0n) is 14.1. The van der Waals surface area contributed by atoms with Crippen LogP contribution in [0.3, 0.4) is 0 Å². The minimum Gasteiger partial charge on any atom is -0.336 e. The van der Waals surface area contributed by atoms with Gasteiger partial charge in [0.25, 0.3) is 5.91 Å². The second kappa shape index (κ2) is 7.81. The summed E-state index contributed by atoms with van der Waals surface area (Å²) in [6.45, 7) is 8.78. The summed E-state index contributed by atoms with van der Waals surface area (Å²) in [4.78, 5) is 31.5. The highest BCUT2D eigenvalue weighted by atomic mass is 35.5. The fraction of sp³-hybridized carbons (Fsp3) is 0.444. The number of carbonyl (C=O) groups excluding carboxylic acids is 1. The lowest BCUT2D eigenvalue weighted by atomic mass is 10.1. The second-order valence-electron chi connectivity index (χ2n) is 6.58. The van der Waals surface area contributed by atoms with E-state index in [9.17, 15) is 9.59 Å². The molecule has 0 radical (unpaired) electrons. The number of carbonyl (C=O) groups is 1. The predicted molar refractivity (Wildman–Crippen MR) is 99.0 cm³/mol. The molecular weight excluding hydrogens is 326 g/mol. The van der Waals surface area contributed by atoms with Crippen molar-refractivity contribution in [2.24, 2.45) is 5.92 Å². The molecule has 2 heterocycles.